The molecular formula is C36H28F8. The smallest absolute Gasteiger partial charge is 0.206 e. The summed E-state index contributed by atoms with van der Waals surface area (Å²) in [7, 11) is 0. The maximum atomic E-state index is 15.7. The van der Waals surface area contributed by atoms with Gasteiger partial charge in [0.05, 0.1) is 16.5 Å². The lowest BCUT2D eigenvalue weighted by Crippen LogP contribution is -2.13. The Hall–Kier alpha value is -4.04. The van der Waals surface area contributed by atoms with Crippen LogP contribution in [0, 0.1) is 64.6 Å². The van der Waals surface area contributed by atoms with Gasteiger partial charge in [-0.2, -0.15) is 13.2 Å². The molecule has 228 valence electrons. The molecule has 0 spiro atoms. The Balaban J connectivity index is 1.43. The molecule has 0 radical (unpaired) electrons. The number of hydrogen-bond acceptors (Lipinski definition) is 0. The summed E-state index contributed by atoms with van der Waals surface area (Å²) in [5.74, 6) is 3.06. The summed E-state index contributed by atoms with van der Waals surface area (Å²) < 4.78 is 113. The molecule has 8 heteroatoms. The number of hydrogen-bond donors (Lipinski definition) is 0. The quantitative estimate of drug-likeness (QED) is 0.120. The van der Waals surface area contributed by atoms with Crippen molar-refractivity contribution in [1.29, 1.82) is 0 Å². The number of fused-ring (bicyclic) bond motifs is 2. The van der Waals surface area contributed by atoms with Crippen LogP contribution in [0.15, 0.2) is 42.5 Å². The van der Waals surface area contributed by atoms with Gasteiger partial charge in [0.1, 0.15) is 23.3 Å². The highest BCUT2D eigenvalue weighted by atomic mass is 19.4. The average Bonchev–Trinajstić information content (AvgIpc) is 2.95. The predicted molar refractivity (Wildman–Crippen MR) is 156 cm³/mol. The minimum atomic E-state index is -5.03. The Morgan fingerprint density at radius 2 is 1.48 bits per heavy atom. The van der Waals surface area contributed by atoms with Crippen LogP contribution in [0.5, 0.6) is 0 Å². The van der Waals surface area contributed by atoms with E-state index in [-0.39, 0.29) is 22.3 Å². The van der Waals surface area contributed by atoms with Crippen LogP contribution < -0.4 is 0 Å². The molecule has 1 aliphatic carbocycles. The summed E-state index contributed by atoms with van der Waals surface area (Å²) >= 11 is 0. The number of halogens is 8. The van der Waals surface area contributed by atoms with Gasteiger partial charge in [-0.25, -0.2) is 22.0 Å². The minimum absolute atomic E-state index is 0.0372. The average molecular weight is 613 g/mol. The zero-order valence-electron chi connectivity index (χ0n) is 23.9. The lowest BCUT2D eigenvalue weighted by Gasteiger charge is -2.25. The third-order valence-electron chi connectivity index (χ3n) is 8.21. The Morgan fingerprint density at radius 1 is 0.750 bits per heavy atom. The first-order valence-electron chi connectivity index (χ1n) is 14.6. The van der Waals surface area contributed by atoms with Crippen LogP contribution >= 0.6 is 0 Å². The van der Waals surface area contributed by atoms with E-state index in [1.807, 2.05) is 0 Å². The van der Waals surface area contributed by atoms with E-state index in [0.29, 0.717) is 17.7 Å². The Bertz CT molecular complexity index is 1840. The fraction of sp³-hybridized carbons (Fsp3) is 0.333. The van der Waals surface area contributed by atoms with Gasteiger partial charge in [0, 0.05) is 22.8 Å². The van der Waals surface area contributed by atoms with Gasteiger partial charge in [-0.05, 0) is 84.3 Å². The maximum Gasteiger partial charge on any atom is 0.458 e. The van der Waals surface area contributed by atoms with Crippen LogP contribution in [0.25, 0.3) is 32.7 Å². The van der Waals surface area contributed by atoms with Crippen LogP contribution in [0.4, 0.5) is 35.1 Å². The third kappa shape index (κ3) is 6.86. The highest BCUT2D eigenvalue weighted by molar-refractivity contribution is 5.93. The molecule has 0 unspecified atom stereocenters. The van der Waals surface area contributed by atoms with Gasteiger partial charge in [0.25, 0.3) is 0 Å². The first kappa shape index (κ1) is 31.4. The molecule has 0 atom stereocenters. The van der Waals surface area contributed by atoms with Crippen molar-refractivity contribution >= 4 is 21.5 Å². The van der Waals surface area contributed by atoms with Gasteiger partial charge in [0.2, 0.25) is 0 Å². The lowest BCUT2D eigenvalue weighted by atomic mass is 9.80. The van der Waals surface area contributed by atoms with Crippen molar-refractivity contribution in [1.82, 2.24) is 0 Å². The Labute approximate surface area is 250 Å². The first-order chi connectivity index (χ1) is 20.9. The summed E-state index contributed by atoms with van der Waals surface area (Å²) in [6, 6.07) is 7.92. The zero-order chi connectivity index (χ0) is 31.6. The van der Waals surface area contributed by atoms with Crippen molar-refractivity contribution in [3.8, 4) is 34.8 Å². The van der Waals surface area contributed by atoms with Gasteiger partial charge in [-0.15, -0.1) is 0 Å². The topological polar surface area (TPSA) is 0 Å². The van der Waals surface area contributed by atoms with E-state index < -0.39 is 57.2 Å². The molecule has 4 aromatic carbocycles. The van der Waals surface area contributed by atoms with Gasteiger partial charge in [-0.3, -0.25) is 0 Å². The third-order valence-corrected chi connectivity index (χ3v) is 8.21. The molecule has 0 aromatic heterocycles. The number of unbranched alkanes of at least 4 members (excludes halogenated alkanes) is 2. The van der Waals surface area contributed by atoms with Crippen molar-refractivity contribution < 1.29 is 35.1 Å². The SMILES string of the molecule is CCCCCC1CCC(C#Cc2ccc3c(F)c(-c4cc(F)c5c(F)c(C#CC(F)(F)F)c(F)cc5c4)c(F)cc3c2)CC1. The number of rotatable bonds is 5. The monoisotopic (exact) mass is 612 g/mol. The Kier molecular flexibility index (Phi) is 9.20. The van der Waals surface area contributed by atoms with Gasteiger partial charge >= 0.3 is 6.18 Å². The van der Waals surface area contributed by atoms with Crippen molar-refractivity contribution in [2.24, 2.45) is 11.8 Å². The summed E-state index contributed by atoms with van der Waals surface area (Å²) in [6.07, 6.45) is 4.34. The van der Waals surface area contributed by atoms with Crippen LogP contribution in [0.3, 0.4) is 0 Å². The van der Waals surface area contributed by atoms with Gasteiger partial charge < -0.3 is 0 Å². The summed E-state index contributed by atoms with van der Waals surface area (Å²) in [4.78, 5) is 0. The number of alkyl halides is 3. The minimum Gasteiger partial charge on any atom is -0.206 e. The van der Waals surface area contributed by atoms with Crippen molar-refractivity contribution in [3.05, 3.63) is 82.7 Å². The molecular weight excluding hydrogens is 584 g/mol. The molecule has 5 rings (SSSR count). The van der Waals surface area contributed by atoms with E-state index in [4.69, 9.17) is 0 Å². The standard InChI is InChI=1S/C36H28F8/c1-2-3-4-5-21-6-8-22(9-7-21)10-11-23-12-13-27-24(16-23)18-30(38)32(34(27)40)26-17-25-19-29(37)28(14-15-36(42,43)44)35(41)33(25)31(39)20-26/h12-13,16-22H,2-9H2,1H3. The van der Waals surface area contributed by atoms with Crippen LogP contribution in [-0.2, 0) is 0 Å². The normalized spacial score (nSPS) is 16.8. The van der Waals surface area contributed by atoms with Gasteiger partial charge in [0.15, 0.2) is 5.82 Å². The first-order valence-corrected chi connectivity index (χ1v) is 14.6. The fourth-order valence-corrected chi connectivity index (χ4v) is 5.94. The van der Waals surface area contributed by atoms with Crippen molar-refractivity contribution in [2.45, 2.75) is 64.5 Å². The molecule has 1 aliphatic rings. The number of benzene rings is 4. The van der Waals surface area contributed by atoms with E-state index in [0.717, 1.165) is 49.7 Å². The molecule has 1 saturated carbocycles. The summed E-state index contributed by atoms with van der Waals surface area (Å²) in [6.45, 7) is 2.20. The van der Waals surface area contributed by atoms with Gasteiger partial charge in [-0.1, -0.05) is 56.4 Å². The van der Waals surface area contributed by atoms with Crippen LogP contribution in [0.2, 0.25) is 0 Å². The Morgan fingerprint density at radius 3 is 2.18 bits per heavy atom. The van der Waals surface area contributed by atoms with E-state index >= 15 is 13.2 Å². The summed E-state index contributed by atoms with van der Waals surface area (Å²) in [5.41, 5.74) is -1.62. The molecule has 1 fully saturated rings. The molecule has 0 amide bonds. The molecule has 0 aliphatic heterocycles. The highest BCUT2D eigenvalue weighted by Gasteiger charge is 2.25. The maximum absolute atomic E-state index is 15.7. The predicted octanol–water partition coefficient (Wildman–Crippen LogP) is 11.0. The van der Waals surface area contributed by atoms with Crippen molar-refractivity contribution in [2.75, 3.05) is 0 Å². The van der Waals surface area contributed by atoms with E-state index in [1.165, 1.54) is 37.7 Å². The van der Waals surface area contributed by atoms with E-state index in [9.17, 15) is 22.0 Å². The largest absolute Gasteiger partial charge is 0.458 e. The fourth-order valence-electron chi connectivity index (χ4n) is 5.94. The second kappa shape index (κ2) is 12.9. The highest BCUT2D eigenvalue weighted by Crippen LogP contribution is 2.37. The molecule has 0 nitrogen and oxygen atoms in total. The summed E-state index contributed by atoms with van der Waals surface area (Å²) in [5, 5.41) is -1.01. The molecule has 0 N–H and O–H groups in total. The van der Waals surface area contributed by atoms with Crippen molar-refractivity contribution in [3.63, 3.8) is 0 Å². The lowest BCUT2D eigenvalue weighted by molar-refractivity contribution is -0.0696. The molecule has 44 heavy (non-hydrogen) atoms. The van der Waals surface area contributed by atoms with E-state index in [1.54, 1.807) is 12.1 Å². The van der Waals surface area contributed by atoms with Crippen LogP contribution in [0.1, 0.15) is 69.4 Å². The second-order valence-electron chi connectivity index (χ2n) is 11.3. The second-order valence-corrected chi connectivity index (χ2v) is 11.3. The van der Waals surface area contributed by atoms with Crippen LogP contribution in [-0.4, -0.2) is 6.18 Å². The molecule has 0 bridgehead atoms. The zero-order valence-corrected chi connectivity index (χ0v) is 23.9. The molecule has 0 heterocycles. The molecule has 0 saturated heterocycles. The molecule has 4 aromatic rings. The van der Waals surface area contributed by atoms with E-state index in [2.05, 4.69) is 18.8 Å².